The maximum atomic E-state index is 11.9. The van der Waals surface area contributed by atoms with Crippen molar-refractivity contribution in [2.24, 2.45) is 0 Å². The topological polar surface area (TPSA) is 64.9 Å². The van der Waals surface area contributed by atoms with E-state index in [0.717, 1.165) is 10.9 Å². The number of anilines is 1. The van der Waals surface area contributed by atoms with Crippen LogP contribution in [0.25, 0.3) is 0 Å². The lowest BCUT2D eigenvalue weighted by molar-refractivity contribution is -0.122. The number of rotatable bonds is 5. The highest BCUT2D eigenvalue weighted by Crippen LogP contribution is 2.21. The van der Waals surface area contributed by atoms with E-state index in [-0.39, 0.29) is 11.9 Å². The molecule has 0 saturated carbocycles. The van der Waals surface area contributed by atoms with E-state index in [2.05, 4.69) is 32.6 Å². The molecule has 1 aromatic rings. The van der Waals surface area contributed by atoms with Gasteiger partial charge in [-0.25, -0.2) is 0 Å². The Balaban J connectivity index is 2.77. The number of carbonyl (C=O) groups excluding carboxylic acids is 1. The Hall–Kier alpha value is -1.54. The molecule has 0 saturated heterocycles. The predicted octanol–water partition coefficient (Wildman–Crippen LogP) is 3.04. The Kier molecular flexibility index (Phi) is 5.84. The van der Waals surface area contributed by atoms with Crippen LogP contribution >= 0.6 is 15.9 Å². The quantitative estimate of drug-likeness (QED) is 0.875. The van der Waals surface area contributed by atoms with Gasteiger partial charge in [-0.05, 0) is 38.5 Å². The number of hydrogen-bond acceptors (Lipinski definition) is 3. The molecule has 1 rings (SSSR count). The summed E-state index contributed by atoms with van der Waals surface area (Å²) in [5.74, 6) is -0.0711. The second-order valence-corrected chi connectivity index (χ2v) is 5.40. The highest BCUT2D eigenvalue weighted by Gasteiger charge is 2.15. The van der Waals surface area contributed by atoms with Crippen LogP contribution in [0.4, 0.5) is 5.69 Å². The molecule has 1 amide bonds. The summed E-state index contributed by atoms with van der Waals surface area (Å²) in [5, 5.41) is 15.0. The molecule has 4 nitrogen and oxygen atoms in total. The lowest BCUT2D eigenvalue weighted by atomic mass is 10.1. The molecule has 5 heteroatoms. The molecule has 0 aromatic heterocycles. The normalized spacial score (nSPS) is 13.2. The number of carbonyl (C=O) groups is 1. The Morgan fingerprint density at radius 2 is 2.16 bits per heavy atom. The third-order valence-electron chi connectivity index (χ3n) is 2.87. The molecule has 0 fully saturated rings. The van der Waals surface area contributed by atoms with E-state index in [9.17, 15) is 4.79 Å². The lowest BCUT2D eigenvalue weighted by Gasteiger charge is -2.19. The van der Waals surface area contributed by atoms with Crippen molar-refractivity contribution in [3.8, 4) is 6.07 Å². The molecule has 0 heterocycles. The molecule has 102 valence electrons. The molecule has 0 aliphatic rings. The number of benzene rings is 1. The van der Waals surface area contributed by atoms with Gasteiger partial charge in [-0.15, -0.1) is 0 Å². The highest BCUT2D eigenvalue weighted by atomic mass is 79.9. The predicted molar refractivity (Wildman–Crippen MR) is 79.8 cm³/mol. The van der Waals surface area contributed by atoms with Gasteiger partial charge in [0.05, 0.1) is 11.3 Å². The standard InChI is InChI=1S/C14H18BrN3O/c1-4-9(2)17-14(19)10(3)18-13-7-12(15)6-5-11(13)8-16/h5-7,9-10,18H,4H2,1-3H3,(H,17,19). The summed E-state index contributed by atoms with van der Waals surface area (Å²) in [4.78, 5) is 11.9. The van der Waals surface area contributed by atoms with Gasteiger partial charge in [-0.1, -0.05) is 22.9 Å². The van der Waals surface area contributed by atoms with Gasteiger partial charge in [-0.2, -0.15) is 5.26 Å². The largest absolute Gasteiger partial charge is 0.373 e. The van der Waals surface area contributed by atoms with E-state index in [1.165, 1.54) is 0 Å². The van der Waals surface area contributed by atoms with Crippen LogP contribution in [0, 0.1) is 11.3 Å². The summed E-state index contributed by atoms with van der Waals surface area (Å²) in [5.41, 5.74) is 1.18. The van der Waals surface area contributed by atoms with Gasteiger partial charge in [0.25, 0.3) is 0 Å². The molecule has 0 aliphatic carbocycles. The fraction of sp³-hybridized carbons (Fsp3) is 0.429. The van der Waals surface area contributed by atoms with Gasteiger partial charge in [0, 0.05) is 10.5 Å². The van der Waals surface area contributed by atoms with Crippen LogP contribution in [0.3, 0.4) is 0 Å². The Bertz CT molecular complexity index is 496. The van der Waals surface area contributed by atoms with Crippen molar-refractivity contribution in [1.29, 1.82) is 5.26 Å². The summed E-state index contributed by atoms with van der Waals surface area (Å²) in [7, 11) is 0. The fourth-order valence-corrected chi connectivity index (χ4v) is 1.86. The molecule has 0 spiro atoms. The summed E-state index contributed by atoms with van der Waals surface area (Å²) >= 11 is 3.35. The number of nitrogens with zero attached hydrogens (tertiary/aromatic N) is 1. The zero-order valence-corrected chi connectivity index (χ0v) is 12.9. The number of nitriles is 1. The summed E-state index contributed by atoms with van der Waals surface area (Å²) in [6.07, 6.45) is 0.888. The van der Waals surface area contributed by atoms with Gasteiger partial charge >= 0.3 is 0 Å². The Labute approximate surface area is 122 Å². The number of amides is 1. The SMILES string of the molecule is CCC(C)NC(=O)C(C)Nc1cc(Br)ccc1C#N. The minimum atomic E-state index is -0.393. The highest BCUT2D eigenvalue weighted by molar-refractivity contribution is 9.10. The summed E-state index contributed by atoms with van der Waals surface area (Å²) < 4.78 is 0.864. The van der Waals surface area contributed by atoms with Crippen molar-refractivity contribution < 1.29 is 4.79 Å². The monoisotopic (exact) mass is 323 g/mol. The van der Waals surface area contributed by atoms with E-state index < -0.39 is 6.04 Å². The summed E-state index contributed by atoms with van der Waals surface area (Å²) in [6.45, 7) is 5.76. The average Bonchev–Trinajstić information content (AvgIpc) is 2.38. The number of nitrogens with one attached hydrogen (secondary N) is 2. The van der Waals surface area contributed by atoms with Crippen LogP contribution in [-0.2, 0) is 4.79 Å². The average molecular weight is 324 g/mol. The van der Waals surface area contributed by atoms with Gasteiger partial charge in [0.2, 0.25) is 5.91 Å². The third-order valence-corrected chi connectivity index (χ3v) is 3.36. The van der Waals surface area contributed by atoms with E-state index in [1.807, 2.05) is 13.8 Å². The first-order valence-corrected chi connectivity index (χ1v) is 7.03. The third kappa shape index (κ3) is 4.56. The molecular weight excluding hydrogens is 306 g/mol. The van der Waals surface area contributed by atoms with E-state index in [0.29, 0.717) is 11.3 Å². The number of hydrogen-bond donors (Lipinski definition) is 2. The Morgan fingerprint density at radius 1 is 1.47 bits per heavy atom. The lowest BCUT2D eigenvalue weighted by Crippen LogP contribution is -2.41. The maximum Gasteiger partial charge on any atom is 0.242 e. The van der Waals surface area contributed by atoms with Gasteiger partial charge in [-0.3, -0.25) is 4.79 Å². The minimum absolute atomic E-state index is 0.0711. The zero-order chi connectivity index (χ0) is 14.4. The van der Waals surface area contributed by atoms with E-state index in [4.69, 9.17) is 5.26 Å². The van der Waals surface area contributed by atoms with E-state index in [1.54, 1.807) is 25.1 Å². The number of halogens is 1. The van der Waals surface area contributed by atoms with Crippen molar-refractivity contribution >= 4 is 27.5 Å². The van der Waals surface area contributed by atoms with Crippen LogP contribution in [0.2, 0.25) is 0 Å². The minimum Gasteiger partial charge on any atom is -0.373 e. The van der Waals surface area contributed by atoms with E-state index >= 15 is 0 Å². The maximum absolute atomic E-state index is 11.9. The van der Waals surface area contributed by atoms with Crippen LogP contribution in [0.5, 0.6) is 0 Å². The van der Waals surface area contributed by atoms with Crippen molar-refractivity contribution in [3.05, 3.63) is 28.2 Å². The zero-order valence-electron chi connectivity index (χ0n) is 11.3. The Morgan fingerprint density at radius 3 is 2.74 bits per heavy atom. The molecule has 1 aromatic carbocycles. The van der Waals surface area contributed by atoms with Gasteiger partial charge in [0.1, 0.15) is 12.1 Å². The molecule has 2 atom stereocenters. The molecule has 0 radical (unpaired) electrons. The second kappa shape index (κ2) is 7.15. The molecule has 19 heavy (non-hydrogen) atoms. The first-order valence-electron chi connectivity index (χ1n) is 6.24. The second-order valence-electron chi connectivity index (χ2n) is 4.49. The first-order chi connectivity index (χ1) is 8.97. The molecule has 0 aliphatic heterocycles. The van der Waals surface area contributed by atoms with Gasteiger partial charge in [0.15, 0.2) is 0 Å². The van der Waals surface area contributed by atoms with Crippen LogP contribution < -0.4 is 10.6 Å². The molecule has 2 N–H and O–H groups in total. The molecule has 2 unspecified atom stereocenters. The van der Waals surface area contributed by atoms with Crippen LogP contribution in [0.1, 0.15) is 32.8 Å². The smallest absolute Gasteiger partial charge is 0.242 e. The van der Waals surface area contributed by atoms with Crippen LogP contribution in [-0.4, -0.2) is 18.0 Å². The van der Waals surface area contributed by atoms with Crippen molar-refractivity contribution in [2.75, 3.05) is 5.32 Å². The first kappa shape index (κ1) is 15.5. The molecular formula is C14H18BrN3O. The fourth-order valence-electron chi connectivity index (χ4n) is 1.50. The van der Waals surface area contributed by atoms with Crippen molar-refractivity contribution in [2.45, 2.75) is 39.3 Å². The van der Waals surface area contributed by atoms with Crippen molar-refractivity contribution in [1.82, 2.24) is 5.32 Å². The van der Waals surface area contributed by atoms with Crippen LogP contribution in [0.15, 0.2) is 22.7 Å². The summed E-state index contributed by atoms with van der Waals surface area (Å²) in [6, 6.07) is 7.17. The molecule has 0 bridgehead atoms. The van der Waals surface area contributed by atoms with Crippen molar-refractivity contribution in [3.63, 3.8) is 0 Å². The van der Waals surface area contributed by atoms with Gasteiger partial charge < -0.3 is 10.6 Å².